The van der Waals surface area contributed by atoms with Gasteiger partial charge >= 0.3 is 7.32 Å². The Balaban J connectivity index is 0.000000631. The number of rotatable bonds is 3. The molecule has 1 atom stereocenters. The minimum absolute atomic E-state index is 0.415. The first-order chi connectivity index (χ1) is 8.06. The van der Waals surface area contributed by atoms with E-state index < -0.39 is 24.8 Å². The summed E-state index contributed by atoms with van der Waals surface area (Å²) < 4.78 is 10.8. The van der Waals surface area contributed by atoms with Gasteiger partial charge in [-0.3, -0.25) is 0 Å². The maximum Gasteiger partial charge on any atom is 0.631 e. The van der Waals surface area contributed by atoms with Crippen LogP contribution in [0.25, 0.3) is 0 Å². The average Bonchev–Trinajstić information content (AvgIpc) is 2.15. The highest BCUT2D eigenvalue weighted by atomic mass is 16.7. The van der Waals surface area contributed by atoms with Gasteiger partial charge in [0.15, 0.2) is 0 Å². The molecular weight excluding hydrogens is 239 g/mol. The van der Waals surface area contributed by atoms with Gasteiger partial charge in [0.1, 0.15) is 0 Å². The molecule has 1 aliphatic rings. The van der Waals surface area contributed by atoms with E-state index in [0.29, 0.717) is 0 Å². The Kier molecular flexibility index (Phi) is 6.58. The van der Waals surface area contributed by atoms with Gasteiger partial charge in [0, 0.05) is 0 Å². The van der Waals surface area contributed by atoms with Crippen molar-refractivity contribution < 1.29 is 29.7 Å². The summed E-state index contributed by atoms with van der Waals surface area (Å²) in [6.07, 6.45) is 6.60. The van der Waals surface area contributed by atoms with Crippen LogP contribution in [0.5, 0.6) is 0 Å². The highest BCUT2D eigenvalue weighted by Crippen LogP contribution is 2.27. The molecule has 0 aromatic carbocycles. The molecule has 0 aromatic heterocycles. The van der Waals surface area contributed by atoms with Gasteiger partial charge in [-0.15, -0.1) is 0 Å². The molecule has 7 heteroatoms. The predicted octanol–water partition coefficient (Wildman–Crippen LogP) is -0.0731. The molecule has 1 unspecified atom stereocenters. The van der Waals surface area contributed by atoms with E-state index in [1.165, 1.54) is 0 Å². The van der Waals surface area contributed by atoms with Gasteiger partial charge < -0.3 is 29.7 Å². The van der Waals surface area contributed by atoms with Crippen LogP contribution >= 0.6 is 0 Å². The minimum Gasteiger partial charge on any atom is -0.469 e. The molecule has 104 valence electrons. The molecule has 0 aromatic rings. The third-order valence-corrected chi connectivity index (χ3v) is 2.55. The van der Waals surface area contributed by atoms with Gasteiger partial charge in [0.25, 0.3) is 0 Å². The zero-order valence-corrected chi connectivity index (χ0v) is 11.1. The fourth-order valence-electron chi connectivity index (χ4n) is 0.870. The summed E-state index contributed by atoms with van der Waals surface area (Å²) in [4.78, 5) is 0. The Morgan fingerprint density at radius 1 is 1.11 bits per heavy atom. The van der Waals surface area contributed by atoms with Crippen LogP contribution in [0.15, 0.2) is 24.5 Å². The lowest BCUT2D eigenvalue weighted by Crippen LogP contribution is -2.49. The third kappa shape index (κ3) is 6.78. The topological polar surface area (TPSA) is 99.4 Å². The first kappa shape index (κ1) is 17.1. The van der Waals surface area contributed by atoms with E-state index >= 15 is 0 Å². The van der Waals surface area contributed by atoms with Crippen molar-refractivity contribution in [1.29, 1.82) is 0 Å². The van der Waals surface area contributed by atoms with E-state index in [-0.39, 0.29) is 0 Å². The van der Waals surface area contributed by atoms with Crippen LogP contribution in [0.2, 0.25) is 0 Å². The first-order valence-electron chi connectivity index (χ1n) is 5.49. The Labute approximate surface area is 107 Å². The molecule has 1 aliphatic heterocycles. The van der Waals surface area contributed by atoms with E-state index in [1.54, 1.807) is 32.3 Å². The standard InChI is InChI=1S/C11H18O3.BH3O3/c1-10(2,12)11(3,4)14-9-7-5-6-8-13-9;2-1(3)4/h5-9,12H,1-4H3;2-4H. The summed E-state index contributed by atoms with van der Waals surface area (Å²) in [6, 6.07) is 0. The Bertz CT molecular complexity index is 290. The van der Waals surface area contributed by atoms with Crippen LogP contribution in [0.4, 0.5) is 0 Å². The Morgan fingerprint density at radius 2 is 1.61 bits per heavy atom. The molecule has 0 aliphatic carbocycles. The van der Waals surface area contributed by atoms with E-state index in [1.807, 2.05) is 19.9 Å². The second kappa shape index (κ2) is 6.91. The largest absolute Gasteiger partial charge is 0.631 e. The molecule has 18 heavy (non-hydrogen) atoms. The number of aliphatic hydroxyl groups is 1. The summed E-state index contributed by atoms with van der Waals surface area (Å²) in [7, 11) is -2.17. The average molecular weight is 260 g/mol. The fourth-order valence-corrected chi connectivity index (χ4v) is 0.870. The first-order valence-corrected chi connectivity index (χ1v) is 5.49. The second-order valence-corrected chi connectivity index (χ2v) is 4.75. The van der Waals surface area contributed by atoms with Crippen LogP contribution in [0, 0.1) is 0 Å². The molecule has 0 radical (unpaired) electrons. The molecule has 0 fully saturated rings. The van der Waals surface area contributed by atoms with Gasteiger partial charge in [0.2, 0.25) is 6.29 Å². The van der Waals surface area contributed by atoms with Crippen molar-refractivity contribution >= 4 is 7.32 Å². The van der Waals surface area contributed by atoms with Gasteiger partial charge in [-0.2, -0.15) is 0 Å². The maximum absolute atomic E-state index is 9.85. The number of hydrogen-bond donors (Lipinski definition) is 4. The van der Waals surface area contributed by atoms with Crippen LogP contribution in [0.3, 0.4) is 0 Å². The second-order valence-electron chi connectivity index (χ2n) is 4.75. The van der Waals surface area contributed by atoms with Crippen LogP contribution in [0.1, 0.15) is 27.7 Å². The zero-order chi connectivity index (χ0) is 14.4. The lowest BCUT2D eigenvalue weighted by Gasteiger charge is -2.38. The maximum atomic E-state index is 9.85. The Hall–Kier alpha value is -0.855. The van der Waals surface area contributed by atoms with Gasteiger partial charge in [-0.1, -0.05) is 6.08 Å². The van der Waals surface area contributed by atoms with Crippen molar-refractivity contribution in [3.63, 3.8) is 0 Å². The summed E-state index contributed by atoms with van der Waals surface area (Å²) in [5, 5.41) is 31.4. The van der Waals surface area contributed by atoms with Gasteiger partial charge in [-0.25, -0.2) is 0 Å². The van der Waals surface area contributed by atoms with Gasteiger partial charge in [0.05, 0.1) is 17.5 Å². The highest BCUT2D eigenvalue weighted by Gasteiger charge is 2.38. The molecule has 1 heterocycles. The zero-order valence-electron chi connectivity index (χ0n) is 11.1. The van der Waals surface area contributed by atoms with Crippen molar-refractivity contribution in [2.45, 2.75) is 45.2 Å². The van der Waals surface area contributed by atoms with E-state index in [9.17, 15) is 5.11 Å². The number of allylic oxidation sites excluding steroid dienone is 2. The molecule has 6 nitrogen and oxygen atoms in total. The van der Waals surface area contributed by atoms with Crippen LogP contribution < -0.4 is 0 Å². The molecular formula is C11H21BO6. The summed E-state index contributed by atoms with van der Waals surface area (Å²) >= 11 is 0. The van der Waals surface area contributed by atoms with Crippen molar-refractivity contribution in [3.8, 4) is 0 Å². The molecule has 4 N–H and O–H groups in total. The van der Waals surface area contributed by atoms with Gasteiger partial charge in [-0.05, 0) is 39.8 Å². The molecule has 0 saturated carbocycles. The smallest absolute Gasteiger partial charge is 0.469 e. The summed E-state index contributed by atoms with van der Waals surface area (Å²) in [5.74, 6) is 0. The lowest BCUT2D eigenvalue weighted by atomic mass is 9.89. The van der Waals surface area contributed by atoms with Crippen molar-refractivity contribution in [3.05, 3.63) is 24.5 Å². The molecule has 0 bridgehead atoms. The van der Waals surface area contributed by atoms with Crippen LogP contribution in [-0.2, 0) is 9.47 Å². The normalized spacial score (nSPS) is 18.8. The summed E-state index contributed by atoms with van der Waals surface area (Å²) in [6.45, 7) is 7.11. The third-order valence-electron chi connectivity index (χ3n) is 2.55. The minimum atomic E-state index is -2.17. The number of ether oxygens (including phenoxy) is 2. The van der Waals surface area contributed by atoms with E-state index in [0.717, 1.165) is 0 Å². The monoisotopic (exact) mass is 260 g/mol. The van der Waals surface area contributed by atoms with Crippen molar-refractivity contribution in [1.82, 2.24) is 0 Å². The van der Waals surface area contributed by atoms with Crippen LogP contribution in [-0.4, -0.2) is 45.0 Å². The van der Waals surface area contributed by atoms with Crippen molar-refractivity contribution in [2.75, 3.05) is 0 Å². The highest BCUT2D eigenvalue weighted by molar-refractivity contribution is 6.30. The molecule has 0 spiro atoms. The lowest BCUT2D eigenvalue weighted by molar-refractivity contribution is -0.215. The quantitative estimate of drug-likeness (QED) is 0.530. The molecule has 0 amide bonds. The Morgan fingerprint density at radius 3 is 1.94 bits per heavy atom. The molecule has 0 saturated heterocycles. The predicted molar refractivity (Wildman–Crippen MR) is 67.0 cm³/mol. The summed E-state index contributed by atoms with van der Waals surface area (Å²) in [5.41, 5.74) is -1.57. The van der Waals surface area contributed by atoms with E-state index in [2.05, 4.69) is 0 Å². The number of hydrogen-bond acceptors (Lipinski definition) is 6. The molecule has 1 rings (SSSR count). The van der Waals surface area contributed by atoms with E-state index in [4.69, 9.17) is 24.5 Å². The SMILES string of the molecule is CC(C)(O)C(C)(C)OC1C=CC=CO1.OB(O)O. The van der Waals surface area contributed by atoms with Crippen molar-refractivity contribution in [2.24, 2.45) is 0 Å². The fraction of sp³-hybridized carbons (Fsp3) is 0.636.